The number of Topliss-reactive ketones (excluding diaryl/α,β-unsaturated/α-hetero) is 1. The fourth-order valence-electron chi connectivity index (χ4n) is 6.52. The van der Waals surface area contributed by atoms with Crippen LogP contribution in [0, 0.1) is 5.41 Å². The van der Waals surface area contributed by atoms with E-state index in [1.165, 1.54) is 11.8 Å². The largest absolute Gasteiger partial charge is 0.456 e. The predicted octanol–water partition coefficient (Wildman–Crippen LogP) is 3.41. The minimum absolute atomic E-state index is 0.0293. The lowest BCUT2D eigenvalue weighted by Crippen LogP contribution is -2.49. The highest BCUT2D eigenvalue weighted by molar-refractivity contribution is 7.99. The molecular weight excluding hydrogens is 853 g/mol. The SMILES string of the molecule is CCC(C)(CCC(=O)C(C)(C)CC)OCCC(C)OCCC(=O)N[C@H](CSCC1CCC[C@@H](O)O1)C(=O)NCCC(=O)OCC(=O)Nc1ccn([C@@H]2O[C@H](CO)CC2(F)F)c(=O)n1. The maximum atomic E-state index is 14.3. The molecule has 2 fully saturated rings. The van der Waals surface area contributed by atoms with E-state index in [-0.39, 0.29) is 61.0 Å². The summed E-state index contributed by atoms with van der Waals surface area (Å²) < 4.78 is 56.8. The van der Waals surface area contributed by atoms with E-state index >= 15 is 0 Å². The van der Waals surface area contributed by atoms with Crippen LogP contribution >= 0.6 is 11.8 Å². The molecular formula is C42H67F2N5O13S. The first kappa shape index (κ1) is 53.7. The highest BCUT2D eigenvalue weighted by Gasteiger charge is 2.51. The molecule has 0 bridgehead atoms. The number of nitrogens with zero attached hydrogens (tertiary/aromatic N) is 2. The maximum Gasteiger partial charge on any atom is 0.351 e. The van der Waals surface area contributed by atoms with Crippen molar-refractivity contribution in [1.82, 2.24) is 20.2 Å². The van der Waals surface area contributed by atoms with Crippen LogP contribution in [-0.2, 0) is 47.7 Å². The number of nitrogens with one attached hydrogen (secondary N) is 3. The topological polar surface area (TPSA) is 243 Å². The summed E-state index contributed by atoms with van der Waals surface area (Å²) in [6.07, 6.45) is 0.611. The Morgan fingerprint density at radius 2 is 1.79 bits per heavy atom. The lowest BCUT2D eigenvalue weighted by molar-refractivity contribution is -0.155. The number of ketones is 1. The van der Waals surface area contributed by atoms with Gasteiger partial charge in [0.15, 0.2) is 12.9 Å². The molecule has 3 amide bonds. The van der Waals surface area contributed by atoms with Gasteiger partial charge >= 0.3 is 11.7 Å². The second-order valence-electron chi connectivity index (χ2n) is 16.8. The van der Waals surface area contributed by atoms with Gasteiger partial charge in [0.2, 0.25) is 18.0 Å². The number of halogens is 2. The van der Waals surface area contributed by atoms with E-state index in [2.05, 4.69) is 20.9 Å². The number of hydrogen-bond donors (Lipinski definition) is 5. The Morgan fingerprint density at radius 1 is 1.05 bits per heavy atom. The summed E-state index contributed by atoms with van der Waals surface area (Å²) in [4.78, 5) is 79.6. The van der Waals surface area contributed by atoms with Crippen LogP contribution in [0.25, 0.3) is 0 Å². The number of aromatic nitrogens is 2. The Bertz CT molecular complexity index is 1720. The molecule has 2 aliphatic heterocycles. The number of esters is 1. The lowest BCUT2D eigenvalue weighted by atomic mass is 9.81. The first-order chi connectivity index (χ1) is 29.7. The van der Waals surface area contributed by atoms with Crippen molar-refractivity contribution in [1.29, 1.82) is 0 Å². The summed E-state index contributed by atoms with van der Waals surface area (Å²) in [6, 6.07) is 0.0904. The number of anilines is 1. The number of aliphatic hydroxyl groups is 2. The number of rotatable bonds is 28. The minimum atomic E-state index is -3.44. The minimum Gasteiger partial charge on any atom is -0.456 e. The van der Waals surface area contributed by atoms with Crippen molar-refractivity contribution < 1.29 is 66.7 Å². The number of carbonyl (C=O) groups is 5. The third-order valence-corrected chi connectivity index (χ3v) is 12.4. The van der Waals surface area contributed by atoms with Gasteiger partial charge in [-0.05, 0) is 64.9 Å². The van der Waals surface area contributed by atoms with Crippen molar-refractivity contribution >= 4 is 47.1 Å². The average Bonchev–Trinajstić information content (AvgIpc) is 3.55. The van der Waals surface area contributed by atoms with Gasteiger partial charge < -0.3 is 49.8 Å². The van der Waals surface area contributed by atoms with Crippen LogP contribution in [0.5, 0.6) is 0 Å². The van der Waals surface area contributed by atoms with E-state index < -0.39 is 85.2 Å². The quantitative estimate of drug-likeness (QED) is 0.0757. The Kier molecular flexibility index (Phi) is 22.0. The molecule has 3 rings (SSSR count). The van der Waals surface area contributed by atoms with E-state index in [4.69, 9.17) is 28.8 Å². The number of ether oxygens (including phenoxy) is 5. The Labute approximate surface area is 371 Å². The zero-order valence-electron chi connectivity index (χ0n) is 37.3. The van der Waals surface area contributed by atoms with Crippen molar-refractivity contribution in [3.05, 3.63) is 22.7 Å². The molecule has 3 unspecified atom stereocenters. The van der Waals surface area contributed by atoms with E-state index in [0.29, 0.717) is 42.6 Å². The molecule has 0 radical (unpaired) electrons. The van der Waals surface area contributed by atoms with E-state index in [1.54, 1.807) is 0 Å². The fourth-order valence-corrected chi connectivity index (χ4v) is 7.63. The van der Waals surface area contributed by atoms with E-state index in [0.717, 1.165) is 37.9 Å². The van der Waals surface area contributed by atoms with Crippen LogP contribution in [-0.4, -0.2) is 136 Å². The standard InChI is InChI=1S/C42H67F2N5O13S/c1-7-40(4,5)31(51)12-17-41(6,8-2)60-21-15-27(3)58-20-16-33(52)46-30(26-63-25-28-10-9-11-36(55)61-28)37(56)45-18-13-35(54)59-24-34(53)47-32-14-19-49(39(57)48-32)38-42(43,44)22-29(23-50)62-38/h14,19,27-30,36,38,50,55H,7-13,15-18,20-26H2,1-6H3,(H,45,56)(H,46,52)(H,47,48,53,57)/t27?,28?,29-,30+,36-,38+,41?/m0/s1. The van der Waals surface area contributed by atoms with Crippen molar-refractivity contribution in [2.75, 3.05) is 49.8 Å². The highest BCUT2D eigenvalue weighted by atomic mass is 32.2. The number of aliphatic hydroxyl groups excluding tert-OH is 2. The fraction of sp³-hybridized carbons (Fsp3) is 0.786. The van der Waals surface area contributed by atoms with Gasteiger partial charge in [-0.25, -0.2) is 13.6 Å². The second kappa shape index (κ2) is 25.8. The highest BCUT2D eigenvalue weighted by Crippen LogP contribution is 2.41. The van der Waals surface area contributed by atoms with Crippen LogP contribution in [0.3, 0.4) is 0 Å². The van der Waals surface area contributed by atoms with Crippen molar-refractivity contribution in [2.24, 2.45) is 5.41 Å². The zero-order chi connectivity index (χ0) is 46.8. The Balaban J connectivity index is 1.42. The van der Waals surface area contributed by atoms with Gasteiger partial charge in [0.25, 0.3) is 11.8 Å². The maximum absolute atomic E-state index is 14.3. The molecule has 18 nitrogen and oxygen atoms in total. The van der Waals surface area contributed by atoms with Gasteiger partial charge in [0.1, 0.15) is 17.6 Å². The smallest absolute Gasteiger partial charge is 0.351 e. The molecule has 358 valence electrons. The molecule has 5 N–H and O–H groups in total. The summed E-state index contributed by atoms with van der Waals surface area (Å²) in [5.74, 6) is -5.59. The first-order valence-electron chi connectivity index (χ1n) is 21.7. The molecule has 7 atom stereocenters. The Morgan fingerprint density at radius 3 is 2.44 bits per heavy atom. The third-order valence-electron chi connectivity index (χ3n) is 11.3. The number of carbonyl (C=O) groups excluding carboxylic acids is 5. The number of hydrogen-bond acceptors (Lipinski definition) is 15. The molecule has 63 heavy (non-hydrogen) atoms. The van der Waals surface area contributed by atoms with Crippen LogP contribution in [0.2, 0.25) is 0 Å². The summed E-state index contributed by atoms with van der Waals surface area (Å²) in [7, 11) is 0. The van der Waals surface area contributed by atoms with Gasteiger partial charge in [-0.2, -0.15) is 16.7 Å². The third kappa shape index (κ3) is 18.4. The zero-order valence-corrected chi connectivity index (χ0v) is 38.1. The first-order valence-corrected chi connectivity index (χ1v) is 22.8. The molecule has 0 spiro atoms. The molecule has 2 saturated heterocycles. The van der Waals surface area contributed by atoms with Crippen LogP contribution < -0.4 is 21.6 Å². The van der Waals surface area contributed by atoms with Crippen LogP contribution in [0.1, 0.15) is 118 Å². The van der Waals surface area contributed by atoms with Crippen molar-refractivity contribution in [2.45, 2.75) is 161 Å². The predicted molar refractivity (Wildman–Crippen MR) is 228 cm³/mol. The monoisotopic (exact) mass is 919 g/mol. The molecule has 0 saturated carbocycles. The van der Waals surface area contributed by atoms with Gasteiger partial charge in [-0.1, -0.05) is 27.7 Å². The second-order valence-corrected chi connectivity index (χ2v) is 17.9. The summed E-state index contributed by atoms with van der Waals surface area (Å²) >= 11 is 1.36. The van der Waals surface area contributed by atoms with Crippen LogP contribution in [0.15, 0.2) is 17.1 Å². The van der Waals surface area contributed by atoms with Gasteiger partial charge in [0, 0.05) is 55.5 Å². The van der Waals surface area contributed by atoms with Gasteiger partial charge in [-0.3, -0.25) is 28.5 Å². The van der Waals surface area contributed by atoms with E-state index in [9.17, 15) is 42.7 Å². The normalized spacial score (nSPS) is 21.7. The summed E-state index contributed by atoms with van der Waals surface area (Å²) in [5, 5.41) is 26.6. The number of alkyl halides is 2. The van der Waals surface area contributed by atoms with Crippen molar-refractivity contribution in [3.8, 4) is 0 Å². The molecule has 0 aromatic carbocycles. The molecule has 0 aliphatic carbocycles. The lowest BCUT2D eigenvalue weighted by Gasteiger charge is -2.31. The molecule has 1 aromatic rings. The number of thioether (sulfide) groups is 1. The van der Waals surface area contributed by atoms with Crippen LogP contribution in [0.4, 0.5) is 14.6 Å². The van der Waals surface area contributed by atoms with E-state index in [1.807, 2.05) is 41.5 Å². The Hall–Kier alpha value is -3.60. The van der Waals surface area contributed by atoms with Gasteiger partial charge in [0.05, 0.1) is 43.5 Å². The van der Waals surface area contributed by atoms with Crippen molar-refractivity contribution in [3.63, 3.8) is 0 Å². The molecule has 1 aromatic heterocycles. The molecule has 2 aliphatic rings. The molecule has 21 heteroatoms. The molecule has 3 heterocycles. The summed E-state index contributed by atoms with van der Waals surface area (Å²) in [5.41, 5.74) is -1.96. The van der Waals surface area contributed by atoms with Gasteiger partial charge in [-0.15, -0.1) is 0 Å². The summed E-state index contributed by atoms with van der Waals surface area (Å²) in [6.45, 7) is 10.7. The average molecular weight is 920 g/mol. The number of amides is 3.